The fraction of sp³-hybridized carbons (Fsp3) is 0.882. The molecule has 5 fully saturated rings. The highest BCUT2D eigenvalue weighted by Crippen LogP contribution is 2.57. The highest BCUT2D eigenvalue weighted by atomic mass is 16.3. The van der Waals surface area contributed by atoms with E-state index in [1.165, 1.54) is 6.42 Å². The molecule has 120 valence electrons. The second-order valence-electron chi connectivity index (χ2n) is 8.19. The molecule has 0 radical (unpaired) electrons. The van der Waals surface area contributed by atoms with Crippen molar-refractivity contribution in [2.24, 2.45) is 11.8 Å². The predicted octanol–water partition coefficient (Wildman–Crippen LogP) is 1.17. The number of hydrogen-bond acceptors (Lipinski definition) is 4. The number of hydrogen-bond donors (Lipinski definition) is 2. The summed E-state index contributed by atoms with van der Waals surface area (Å²) in [6.07, 6.45) is 7.87. The van der Waals surface area contributed by atoms with Gasteiger partial charge in [-0.05, 0) is 63.2 Å². The maximum atomic E-state index is 12.4. The molecule has 5 aliphatic rings. The molecule has 22 heavy (non-hydrogen) atoms. The molecule has 5 rings (SSSR count). The highest BCUT2D eigenvalue weighted by Gasteiger charge is 2.57. The number of nitriles is 1. The zero-order chi connectivity index (χ0) is 15.4. The number of likely N-dealkylation sites (tertiary alicyclic amines) is 1. The van der Waals surface area contributed by atoms with Crippen LogP contribution < -0.4 is 5.32 Å². The molecule has 5 heteroatoms. The minimum atomic E-state index is -0.497. The van der Waals surface area contributed by atoms with E-state index in [4.69, 9.17) is 5.26 Å². The maximum absolute atomic E-state index is 12.4. The van der Waals surface area contributed by atoms with Gasteiger partial charge in [-0.2, -0.15) is 5.26 Å². The van der Waals surface area contributed by atoms with Gasteiger partial charge >= 0.3 is 0 Å². The Morgan fingerprint density at radius 2 is 2.05 bits per heavy atom. The normalized spacial score (nSPS) is 46.0. The Balaban J connectivity index is 1.41. The molecule has 4 bridgehead atoms. The van der Waals surface area contributed by atoms with Gasteiger partial charge in [0.05, 0.1) is 18.2 Å². The van der Waals surface area contributed by atoms with Crippen LogP contribution in [0.5, 0.6) is 0 Å². The molecule has 2 N–H and O–H groups in total. The van der Waals surface area contributed by atoms with Crippen molar-refractivity contribution < 1.29 is 9.90 Å². The first-order valence-corrected chi connectivity index (χ1v) is 8.67. The zero-order valence-corrected chi connectivity index (χ0v) is 13.1. The number of nitrogens with zero attached hydrogens (tertiary/aromatic N) is 2. The second kappa shape index (κ2) is 4.94. The van der Waals surface area contributed by atoms with Gasteiger partial charge in [-0.25, -0.2) is 0 Å². The average molecular weight is 303 g/mol. The third kappa shape index (κ3) is 2.33. The van der Waals surface area contributed by atoms with Crippen molar-refractivity contribution >= 4 is 5.91 Å². The summed E-state index contributed by atoms with van der Waals surface area (Å²) in [6, 6.07) is 1.99. The van der Waals surface area contributed by atoms with Crippen molar-refractivity contribution in [1.82, 2.24) is 10.2 Å². The van der Waals surface area contributed by atoms with Gasteiger partial charge in [0.2, 0.25) is 5.91 Å². The molecule has 5 atom stereocenters. The van der Waals surface area contributed by atoms with E-state index in [0.29, 0.717) is 24.9 Å². The lowest BCUT2D eigenvalue weighted by atomic mass is 9.51. The average Bonchev–Trinajstić information content (AvgIpc) is 2.90. The smallest absolute Gasteiger partial charge is 0.237 e. The molecule has 0 spiro atoms. The number of carbonyl (C=O) groups excluding carboxylic acids is 1. The molecule has 0 aromatic carbocycles. The second-order valence-corrected chi connectivity index (χ2v) is 8.19. The predicted molar refractivity (Wildman–Crippen MR) is 80.7 cm³/mol. The van der Waals surface area contributed by atoms with Crippen LogP contribution in [-0.4, -0.2) is 46.2 Å². The van der Waals surface area contributed by atoms with Crippen LogP contribution in [0.3, 0.4) is 0 Å². The first-order chi connectivity index (χ1) is 10.5. The van der Waals surface area contributed by atoms with Crippen LogP contribution in [0.15, 0.2) is 0 Å². The summed E-state index contributed by atoms with van der Waals surface area (Å²) in [5.41, 5.74) is -0.542. The molecule has 1 amide bonds. The van der Waals surface area contributed by atoms with Crippen molar-refractivity contribution in [2.75, 3.05) is 13.1 Å². The third-order valence-electron chi connectivity index (χ3n) is 6.37. The summed E-state index contributed by atoms with van der Waals surface area (Å²) >= 11 is 0. The number of amides is 1. The Morgan fingerprint density at radius 1 is 1.32 bits per heavy atom. The van der Waals surface area contributed by atoms with Crippen molar-refractivity contribution in [3.05, 3.63) is 0 Å². The molecule has 5 nitrogen and oxygen atoms in total. The van der Waals surface area contributed by atoms with Gasteiger partial charge in [-0.15, -0.1) is 0 Å². The Hall–Kier alpha value is -1.12. The van der Waals surface area contributed by atoms with Crippen molar-refractivity contribution in [3.63, 3.8) is 0 Å². The van der Waals surface area contributed by atoms with Crippen LogP contribution in [-0.2, 0) is 4.79 Å². The van der Waals surface area contributed by atoms with Gasteiger partial charge in [0.25, 0.3) is 0 Å². The molecular weight excluding hydrogens is 278 g/mol. The van der Waals surface area contributed by atoms with Crippen molar-refractivity contribution in [2.45, 2.75) is 68.5 Å². The van der Waals surface area contributed by atoms with Crippen LogP contribution in [0.1, 0.15) is 51.4 Å². The minimum Gasteiger partial charge on any atom is -0.390 e. The highest BCUT2D eigenvalue weighted by molar-refractivity contribution is 5.79. The number of carbonyl (C=O) groups is 1. The summed E-state index contributed by atoms with van der Waals surface area (Å²) in [4.78, 5) is 14.2. The molecule has 1 aliphatic heterocycles. The van der Waals surface area contributed by atoms with Crippen LogP contribution in [0, 0.1) is 23.2 Å². The quantitative estimate of drug-likeness (QED) is 0.821. The van der Waals surface area contributed by atoms with Gasteiger partial charge in [0.15, 0.2) is 0 Å². The number of rotatable bonds is 3. The summed E-state index contributed by atoms with van der Waals surface area (Å²) in [7, 11) is 0. The van der Waals surface area contributed by atoms with Gasteiger partial charge in [0.1, 0.15) is 6.04 Å². The first kappa shape index (κ1) is 14.5. The van der Waals surface area contributed by atoms with E-state index in [0.717, 1.165) is 44.9 Å². The van der Waals surface area contributed by atoms with Gasteiger partial charge < -0.3 is 15.3 Å². The molecule has 4 saturated carbocycles. The Kier molecular flexibility index (Phi) is 3.25. The molecule has 0 aromatic rings. The number of aliphatic hydroxyl groups is 1. The summed E-state index contributed by atoms with van der Waals surface area (Å²) in [5, 5.41) is 23.4. The SMILES string of the molecule is N#C[C@@H]1CCCN1C(=O)CNC12C[C@@H]3C[C@@H](CC(O)(C3)C1)C2. The first-order valence-electron chi connectivity index (χ1n) is 8.67. The molecular formula is C17H25N3O2. The van der Waals surface area contributed by atoms with E-state index >= 15 is 0 Å². The van der Waals surface area contributed by atoms with E-state index in [1.807, 2.05) is 0 Å². The minimum absolute atomic E-state index is 0.0453. The zero-order valence-electron chi connectivity index (χ0n) is 13.1. The summed E-state index contributed by atoms with van der Waals surface area (Å²) in [6.45, 7) is 1.02. The molecule has 2 unspecified atom stereocenters. The van der Waals surface area contributed by atoms with E-state index in [-0.39, 0.29) is 17.5 Å². The Labute approximate surface area is 131 Å². The number of nitrogens with one attached hydrogen (secondary N) is 1. The van der Waals surface area contributed by atoms with Gasteiger partial charge in [-0.3, -0.25) is 4.79 Å². The van der Waals surface area contributed by atoms with Crippen LogP contribution in [0.25, 0.3) is 0 Å². The summed E-state index contributed by atoms with van der Waals surface area (Å²) < 4.78 is 0. The van der Waals surface area contributed by atoms with Crippen molar-refractivity contribution in [1.29, 1.82) is 5.26 Å². The Morgan fingerprint density at radius 3 is 2.68 bits per heavy atom. The lowest BCUT2D eigenvalue weighted by molar-refractivity contribution is -0.147. The molecule has 4 aliphatic carbocycles. The van der Waals surface area contributed by atoms with Crippen LogP contribution in [0.2, 0.25) is 0 Å². The fourth-order valence-corrected chi connectivity index (χ4v) is 5.99. The standard InChI is InChI=1S/C17H25N3O2/c18-9-14-2-1-3-20(14)15(21)10-19-16-5-12-4-13(6-16)8-17(22,7-12)11-16/h12-14,19,22H,1-8,10-11H2/t12-,13+,14-,16?,17?/m0/s1. The topological polar surface area (TPSA) is 76.4 Å². The van der Waals surface area contributed by atoms with Gasteiger partial charge in [0, 0.05) is 12.1 Å². The maximum Gasteiger partial charge on any atom is 0.237 e. The van der Waals surface area contributed by atoms with E-state index in [9.17, 15) is 9.90 Å². The summed E-state index contributed by atoms with van der Waals surface area (Å²) in [5.74, 6) is 1.28. The Bertz CT molecular complexity index is 512. The van der Waals surface area contributed by atoms with E-state index < -0.39 is 5.60 Å². The van der Waals surface area contributed by atoms with E-state index in [2.05, 4.69) is 11.4 Å². The third-order valence-corrected chi connectivity index (χ3v) is 6.37. The molecule has 0 aromatic heterocycles. The largest absolute Gasteiger partial charge is 0.390 e. The van der Waals surface area contributed by atoms with Gasteiger partial charge in [-0.1, -0.05) is 0 Å². The monoisotopic (exact) mass is 303 g/mol. The lowest BCUT2D eigenvalue weighted by Crippen LogP contribution is -2.65. The van der Waals surface area contributed by atoms with Crippen molar-refractivity contribution in [3.8, 4) is 6.07 Å². The molecule has 1 saturated heterocycles. The molecule has 1 heterocycles. The van der Waals surface area contributed by atoms with Crippen LogP contribution in [0.4, 0.5) is 0 Å². The fourth-order valence-electron chi connectivity index (χ4n) is 5.99. The van der Waals surface area contributed by atoms with Crippen LogP contribution >= 0.6 is 0 Å². The van der Waals surface area contributed by atoms with E-state index in [1.54, 1.807) is 4.90 Å². The lowest BCUT2D eigenvalue weighted by Gasteiger charge is -2.60.